The molecule has 0 radical (unpaired) electrons. The van der Waals surface area contributed by atoms with Gasteiger partial charge >= 0.3 is 0 Å². The molecule has 1 unspecified atom stereocenters. The summed E-state index contributed by atoms with van der Waals surface area (Å²) in [7, 11) is 2.24. The van der Waals surface area contributed by atoms with Gasteiger partial charge in [-0.2, -0.15) is 0 Å². The smallest absolute Gasteiger partial charge is 0.0872 e. The molecule has 0 aromatic heterocycles. The third kappa shape index (κ3) is 2.91. The van der Waals surface area contributed by atoms with Crippen LogP contribution in [-0.4, -0.2) is 30.3 Å². The molecule has 1 aromatic carbocycles. The van der Waals surface area contributed by atoms with Gasteiger partial charge in [0.1, 0.15) is 0 Å². The fourth-order valence-electron chi connectivity index (χ4n) is 3.57. The summed E-state index contributed by atoms with van der Waals surface area (Å²) in [6, 6.07) is 5.05. The highest BCUT2D eigenvalue weighted by molar-refractivity contribution is 5.37. The summed E-state index contributed by atoms with van der Waals surface area (Å²) in [6.45, 7) is 12.0. The molecule has 20 heavy (non-hydrogen) atoms. The predicted octanol–water partition coefficient (Wildman–Crippen LogP) is 1.83. The van der Waals surface area contributed by atoms with Gasteiger partial charge in [0.05, 0.1) is 25.2 Å². The van der Waals surface area contributed by atoms with E-state index < -0.39 is 5.60 Å². The minimum Gasteiger partial charge on any atom is -0.389 e. The lowest BCUT2D eigenvalue weighted by Gasteiger charge is -2.43. The first-order chi connectivity index (χ1) is 9.23. The van der Waals surface area contributed by atoms with Crippen LogP contribution in [0.5, 0.6) is 0 Å². The standard InChI is InChI=1S/C18H29NO/c1-12-7-14(3)17(8-13(12)2)10-18(20)9-16(5)19(6)11-15(18)4/h7-8,15-16,20H,9-11H2,1-6H3/p+1/t15-,16-,18-/m0/s1. The summed E-state index contributed by atoms with van der Waals surface area (Å²) in [5.74, 6) is 0.347. The summed E-state index contributed by atoms with van der Waals surface area (Å²) in [4.78, 5) is 1.54. The zero-order valence-corrected chi connectivity index (χ0v) is 13.9. The van der Waals surface area contributed by atoms with Crippen molar-refractivity contribution in [3.63, 3.8) is 0 Å². The minimum atomic E-state index is -0.550. The molecule has 2 rings (SSSR count). The Morgan fingerprint density at radius 2 is 1.75 bits per heavy atom. The minimum absolute atomic E-state index is 0.347. The molecule has 112 valence electrons. The first kappa shape index (κ1) is 15.5. The molecular weight excluding hydrogens is 246 g/mol. The number of aliphatic hydroxyl groups is 1. The second-order valence-electron chi connectivity index (χ2n) is 7.20. The SMILES string of the molecule is Cc1cc(C)c(C[C@@]2(O)C[C@H](C)[NH+](C)C[C@@H]2C)cc1C. The van der Waals surface area contributed by atoms with Crippen molar-refractivity contribution in [2.24, 2.45) is 5.92 Å². The van der Waals surface area contributed by atoms with E-state index >= 15 is 0 Å². The van der Waals surface area contributed by atoms with E-state index in [1.165, 1.54) is 22.3 Å². The molecule has 2 N–H and O–H groups in total. The van der Waals surface area contributed by atoms with Crippen molar-refractivity contribution in [2.45, 2.75) is 59.1 Å². The highest BCUT2D eigenvalue weighted by Gasteiger charge is 2.43. The monoisotopic (exact) mass is 276 g/mol. The van der Waals surface area contributed by atoms with E-state index in [-0.39, 0.29) is 0 Å². The summed E-state index contributed by atoms with van der Waals surface area (Å²) < 4.78 is 0. The largest absolute Gasteiger partial charge is 0.389 e. The van der Waals surface area contributed by atoms with Crippen LogP contribution in [0.1, 0.15) is 42.5 Å². The van der Waals surface area contributed by atoms with Crippen molar-refractivity contribution < 1.29 is 10.0 Å². The molecule has 1 saturated heterocycles. The van der Waals surface area contributed by atoms with Crippen LogP contribution in [0.25, 0.3) is 0 Å². The third-order valence-electron chi connectivity index (χ3n) is 5.50. The Balaban J connectivity index is 2.26. The lowest BCUT2D eigenvalue weighted by Crippen LogP contribution is -3.15. The van der Waals surface area contributed by atoms with E-state index in [0.717, 1.165) is 19.4 Å². The molecule has 0 spiro atoms. The lowest BCUT2D eigenvalue weighted by atomic mass is 9.74. The van der Waals surface area contributed by atoms with Crippen LogP contribution < -0.4 is 4.90 Å². The van der Waals surface area contributed by atoms with Crippen molar-refractivity contribution >= 4 is 0 Å². The lowest BCUT2D eigenvalue weighted by molar-refractivity contribution is -0.916. The molecule has 2 heteroatoms. The van der Waals surface area contributed by atoms with Gasteiger partial charge in [-0.05, 0) is 49.9 Å². The maximum absolute atomic E-state index is 11.2. The summed E-state index contributed by atoms with van der Waals surface area (Å²) >= 11 is 0. The molecule has 1 fully saturated rings. The average molecular weight is 276 g/mol. The maximum Gasteiger partial charge on any atom is 0.0872 e. The fraction of sp³-hybridized carbons (Fsp3) is 0.667. The highest BCUT2D eigenvalue weighted by atomic mass is 16.3. The van der Waals surface area contributed by atoms with E-state index in [0.29, 0.717) is 12.0 Å². The topological polar surface area (TPSA) is 24.7 Å². The molecule has 0 bridgehead atoms. The molecule has 0 saturated carbocycles. The number of hydrogen-bond donors (Lipinski definition) is 2. The predicted molar refractivity (Wildman–Crippen MR) is 84.3 cm³/mol. The van der Waals surface area contributed by atoms with Gasteiger partial charge in [-0.3, -0.25) is 0 Å². The zero-order valence-electron chi connectivity index (χ0n) is 13.9. The van der Waals surface area contributed by atoms with E-state index in [9.17, 15) is 5.11 Å². The van der Waals surface area contributed by atoms with Gasteiger partial charge in [-0.15, -0.1) is 0 Å². The Hall–Kier alpha value is -0.860. The highest BCUT2D eigenvalue weighted by Crippen LogP contribution is 2.30. The quantitative estimate of drug-likeness (QED) is 0.846. The van der Waals surface area contributed by atoms with Crippen molar-refractivity contribution in [3.8, 4) is 0 Å². The first-order valence-corrected chi connectivity index (χ1v) is 7.84. The molecule has 1 aliphatic rings. The number of aryl methyl sites for hydroxylation is 3. The van der Waals surface area contributed by atoms with E-state index in [1.807, 2.05) is 0 Å². The molecule has 0 amide bonds. The Morgan fingerprint density at radius 3 is 2.40 bits per heavy atom. The Morgan fingerprint density at radius 1 is 1.15 bits per heavy atom. The van der Waals surface area contributed by atoms with Crippen LogP contribution in [-0.2, 0) is 6.42 Å². The number of hydrogen-bond acceptors (Lipinski definition) is 1. The number of quaternary nitrogens is 1. The van der Waals surface area contributed by atoms with Gasteiger partial charge < -0.3 is 10.0 Å². The van der Waals surface area contributed by atoms with Crippen LogP contribution in [0.4, 0.5) is 0 Å². The Labute approximate surface area is 123 Å². The maximum atomic E-state index is 11.2. The van der Waals surface area contributed by atoms with Gasteiger partial charge in [-0.1, -0.05) is 19.1 Å². The number of likely N-dealkylation sites (tertiary alicyclic amines) is 1. The van der Waals surface area contributed by atoms with Crippen LogP contribution in [0, 0.1) is 26.7 Å². The van der Waals surface area contributed by atoms with E-state index in [4.69, 9.17) is 0 Å². The van der Waals surface area contributed by atoms with Crippen LogP contribution in [0.15, 0.2) is 12.1 Å². The summed E-state index contributed by atoms with van der Waals surface area (Å²) in [5, 5.41) is 11.2. The van der Waals surface area contributed by atoms with Crippen LogP contribution >= 0.6 is 0 Å². The van der Waals surface area contributed by atoms with Gasteiger partial charge in [0, 0.05) is 18.8 Å². The van der Waals surface area contributed by atoms with Crippen molar-refractivity contribution in [2.75, 3.05) is 13.6 Å². The first-order valence-electron chi connectivity index (χ1n) is 7.84. The second-order valence-corrected chi connectivity index (χ2v) is 7.20. The molecule has 1 aliphatic heterocycles. The number of piperidine rings is 1. The van der Waals surface area contributed by atoms with Crippen molar-refractivity contribution in [1.29, 1.82) is 0 Å². The van der Waals surface area contributed by atoms with Gasteiger partial charge in [0.15, 0.2) is 0 Å². The average Bonchev–Trinajstić information content (AvgIpc) is 2.34. The molecular formula is C18H30NO+. The molecule has 2 nitrogen and oxygen atoms in total. The molecule has 0 aliphatic carbocycles. The van der Waals surface area contributed by atoms with Gasteiger partial charge in [-0.25, -0.2) is 0 Å². The van der Waals surface area contributed by atoms with E-state index in [2.05, 4.69) is 53.8 Å². The summed E-state index contributed by atoms with van der Waals surface area (Å²) in [5.41, 5.74) is 4.74. The third-order valence-corrected chi connectivity index (χ3v) is 5.50. The van der Waals surface area contributed by atoms with Crippen molar-refractivity contribution in [3.05, 3.63) is 34.4 Å². The van der Waals surface area contributed by atoms with Crippen LogP contribution in [0.2, 0.25) is 0 Å². The Kier molecular flexibility index (Phi) is 4.27. The van der Waals surface area contributed by atoms with Gasteiger partial charge in [0.2, 0.25) is 0 Å². The van der Waals surface area contributed by atoms with Gasteiger partial charge in [0.25, 0.3) is 0 Å². The Bertz CT molecular complexity index is 496. The normalized spacial score (nSPS) is 34.2. The molecule has 1 heterocycles. The number of rotatable bonds is 2. The number of nitrogens with one attached hydrogen (secondary N) is 1. The second kappa shape index (κ2) is 5.50. The molecule has 1 aromatic rings. The summed E-state index contributed by atoms with van der Waals surface area (Å²) in [6.07, 6.45) is 1.69. The zero-order chi connectivity index (χ0) is 15.1. The van der Waals surface area contributed by atoms with Crippen molar-refractivity contribution in [1.82, 2.24) is 0 Å². The fourth-order valence-corrected chi connectivity index (χ4v) is 3.57. The molecule has 4 atom stereocenters. The number of benzene rings is 1. The van der Waals surface area contributed by atoms with Crippen LogP contribution in [0.3, 0.4) is 0 Å². The van der Waals surface area contributed by atoms with E-state index in [1.54, 1.807) is 4.90 Å².